The van der Waals surface area contributed by atoms with E-state index in [4.69, 9.17) is 4.74 Å². The summed E-state index contributed by atoms with van der Waals surface area (Å²) >= 11 is 0. The molecule has 0 fully saturated rings. The minimum Gasteiger partial charge on any atom is -0.452 e. The van der Waals surface area contributed by atoms with Crippen molar-refractivity contribution in [3.05, 3.63) is 76.6 Å². The number of nitrogens with zero attached hydrogens (tertiary/aromatic N) is 2. The Morgan fingerprint density at radius 3 is 2.62 bits per heavy atom. The largest absolute Gasteiger partial charge is 0.452 e. The minimum absolute atomic E-state index is 0.342. The van der Waals surface area contributed by atoms with Gasteiger partial charge in [-0.05, 0) is 68.5 Å². The predicted molar refractivity (Wildman–Crippen MR) is 110 cm³/mol. The van der Waals surface area contributed by atoms with Crippen molar-refractivity contribution >= 4 is 17.6 Å². The van der Waals surface area contributed by atoms with Crippen LogP contribution in [-0.2, 0) is 22.4 Å². The van der Waals surface area contributed by atoms with E-state index in [0.717, 1.165) is 30.6 Å². The molecule has 29 heavy (non-hydrogen) atoms. The predicted octanol–water partition coefficient (Wildman–Crippen LogP) is 3.77. The lowest BCUT2D eigenvalue weighted by Gasteiger charge is -2.09. The summed E-state index contributed by atoms with van der Waals surface area (Å²) in [6.07, 6.45) is 3.29. The summed E-state index contributed by atoms with van der Waals surface area (Å²) < 4.78 is 6.97. The Balaban J connectivity index is 1.41. The number of amides is 1. The molecule has 4 rings (SSSR count). The van der Waals surface area contributed by atoms with Gasteiger partial charge in [0.25, 0.3) is 5.91 Å². The number of hydrogen-bond donors (Lipinski definition) is 1. The topological polar surface area (TPSA) is 73.2 Å². The molecule has 148 valence electrons. The van der Waals surface area contributed by atoms with Gasteiger partial charge in [-0.1, -0.05) is 24.3 Å². The first-order valence-electron chi connectivity index (χ1n) is 9.73. The number of fused-ring (bicyclic) bond motifs is 1. The van der Waals surface area contributed by atoms with Gasteiger partial charge in [-0.2, -0.15) is 5.10 Å². The summed E-state index contributed by atoms with van der Waals surface area (Å²) in [6, 6.07) is 15.5. The minimum atomic E-state index is -0.550. The molecule has 6 nitrogen and oxygen atoms in total. The molecule has 0 saturated carbocycles. The van der Waals surface area contributed by atoms with Crippen molar-refractivity contribution in [2.24, 2.45) is 0 Å². The van der Waals surface area contributed by atoms with Crippen LogP contribution in [0.15, 0.2) is 48.5 Å². The number of aromatic nitrogens is 2. The second-order valence-electron chi connectivity index (χ2n) is 7.25. The van der Waals surface area contributed by atoms with Gasteiger partial charge < -0.3 is 10.1 Å². The van der Waals surface area contributed by atoms with Crippen LogP contribution < -0.4 is 5.32 Å². The highest BCUT2D eigenvalue weighted by Crippen LogP contribution is 2.25. The summed E-state index contributed by atoms with van der Waals surface area (Å²) in [5.74, 6) is -0.909. The van der Waals surface area contributed by atoms with E-state index in [2.05, 4.69) is 16.5 Å². The van der Waals surface area contributed by atoms with Crippen LogP contribution in [0.25, 0.3) is 5.69 Å². The van der Waals surface area contributed by atoms with Crippen LogP contribution in [0, 0.1) is 13.8 Å². The van der Waals surface area contributed by atoms with E-state index in [-0.39, 0.29) is 12.5 Å². The van der Waals surface area contributed by atoms with Crippen molar-refractivity contribution in [1.29, 1.82) is 0 Å². The van der Waals surface area contributed by atoms with Crippen molar-refractivity contribution in [2.45, 2.75) is 33.1 Å². The SMILES string of the molecule is Cc1nn(-c2ccccc2)c(C)c1C(=O)OCC(=O)Nc1ccc2c(c1)CCC2. The van der Waals surface area contributed by atoms with E-state index >= 15 is 0 Å². The second kappa shape index (κ2) is 7.91. The molecule has 1 heterocycles. The third-order valence-corrected chi connectivity index (χ3v) is 5.21. The Morgan fingerprint density at radius 2 is 1.83 bits per heavy atom. The number of rotatable bonds is 5. The number of ether oxygens (including phenoxy) is 1. The molecule has 1 N–H and O–H groups in total. The fraction of sp³-hybridized carbons (Fsp3) is 0.261. The van der Waals surface area contributed by atoms with Crippen LogP contribution in [-0.4, -0.2) is 28.3 Å². The van der Waals surface area contributed by atoms with Crippen molar-refractivity contribution in [3.8, 4) is 5.69 Å². The first-order valence-corrected chi connectivity index (χ1v) is 9.73. The number of esters is 1. The Labute approximate surface area is 169 Å². The van der Waals surface area contributed by atoms with Gasteiger partial charge in [-0.25, -0.2) is 9.48 Å². The highest BCUT2D eigenvalue weighted by Gasteiger charge is 2.21. The van der Waals surface area contributed by atoms with Gasteiger partial charge in [0, 0.05) is 5.69 Å². The molecule has 3 aromatic rings. The molecule has 0 saturated heterocycles. The number of aryl methyl sites for hydroxylation is 3. The van der Waals surface area contributed by atoms with Crippen LogP contribution >= 0.6 is 0 Å². The molecule has 1 amide bonds. The summed E-state index contributed by atoms with van der Waals surface area (Å²) in [7, 11) is 0. The molecule has 0 radical (unpaired) electrons. The first-order chi connectivity index (χ1) is 14.0. The van der Waals surface area contributed by atoms with Crippen LogP contribution in [0.5, 0.6) is 0 Å². The van der Waals surface area contributed by atoms with Crippen molar-refractivity contribution < 1.29 is 14.3 Å². The van der Waals surface area contributed by atoms with Gasteiger partial charge in [0.2, 0.25) is 0 Å². The van der Waals surface area contributed by atoms with E-state index < -0.39 is 5.97 Å². The Kier molecular flexibility index (Phi) is 5.16. The van der Waals surface area contributed by atoms with Gasteiger partial charge in [0.1, 0.15) is 5.56 Å². The van der Waals surface area contributed by atoms with Gasteiger partial charge in [0.15, 0.2) is 6.61 Å². The zero-order valence-electron chi connectivity index (χ0n) is 16.6. The number of anilines is 1. The fourth-order valence-corrected chi connectivity index (χ4v) is 3.81. The van der Waals surface area contributed by atoms with Crippen molar-refractivity contribution in [2.75, 3.05) is 11.9 Å². The van der Waals surface area contributed by atoms with E-state index in [1.807, 2.05) is 49.4 Å². The normalized spacial score (nSPS) is 12.5. The molecule has 0 unspecified atom stereocenters. The standard InChI is InChI=1S/C23H23N3O3/c1-15-22(16(2)26(25-15)20-9-4-3-5-10-20)23(28)29-14-21(27)24-19-12-11-17-7-6-8-18(17)13-19/h3-5,9-13H,6-8,14H2,1-2H3,(H,24,27). The average molecular weight is 389 g/mol. The Morgan fingerprint density at radius 1 is 1.07 bits per heavy atom. The third-order valence-electron chi connectivity index (χ3n) is 5.21. The van der Waals surface area contributed by atoms with Crippen LogP contribution in [0.2, 0.25) is 0 Å². The van der Waals surface area contributed by atoms with Gasteiger partial charge in [0.05, 0.1) is 17.1 Å². The lowest BCUT2D eigenvalue weighted by molar-refractivity contribution is -0.119. The Bertz CT molecular complexity index is 1070. The number of nitrogens with one attached hydrogen (secondary N) is 1. The summed E-state index contributed by atoms with van der Waals surface area (Å²) in [6.45, 7) is 3.23. The summed E-state index contributed by atoms with van der Waals surface area (Å²) in [5.41, 5.74) is 5.85. The van der Waals surface area contributed by atoms with Crippen LogP contribution in [0.3, 0.4) is 0 Å². The molecule has 0 spiro atoms. The molecule has 6 heteroatoms. The molecule has 1 aromatic heterocycles. The fourth-order valence-electron chi connectivity index (χ4n) is 3.81. The number of carbonyl (C=O) groups is 2. The maximum Gasteiger partial charge on any atom is 0.342 e. The summed E-state index contributed by atoms with van der Waals surface area (Å²) in [4.78, 5) is 24.8. The quantitative estimate of drug-likeness (QED) is 0.674. The van der Waals surface area contributed by atoms with E-state index in [0.29, 0.717) is 17.0 Å². The van der Waals surface area contributed by atoms with E-state index in [9.17, 15) is 9.59 Å². The molecular weight excluding hydrogens is 366 g/mol. The van der Waals surface area contributed by atoms with Crippen LogP contribution in [0.4, 0.5) is 5.69 Å². The maximum absolute atomic E-state index is 12.6. The zero-order chi connectivity index (χ0) is 20.4. The van der Waals surface area contributed by atoms with Crippen molar-refractivity contribution in [3.63, 3.8) is 0 Å². The zero-order valence-corrected chi connectivity index (χ0v) is 16.6. The van der Waals surface area contributed by atoms with E-state index in [1.54, 1.807) is 11.6 Å². The third kappa shape index (κ3) is 3.92. The Hall–Kier alpha value is -3.41. The molecule has 2 aromatic carbocycles. The lowest BCUT2D eigenvalue weighted by Crippen LogP contribution is -2.21. The van der Waals surface area contributed by atoms with E-state index in [1.165, 1.54) is 11.1 Å². The molecule has 0 bridgehead atoms. The maximum atomic E-state index is 12.6. The number of carbonyl (C=O) groups excluding carboxylic acids is 2. The van der Waals surface area contributed by atoms with Gasteiger partial charge in [-0.3, -0.25) is 4.79 Å². The number of hydrogen-bond acceptors (Lipinski definition) is 4. The number of para-hydroxylation sites is 1. The molecule has 0 aliphatic heterocycles. The second-order valence-corrected chi connectivity index (χ2v) is 7.25. The van der Waals surface area contributed by atoms with Gasteiger partial charge in [-0.15, -0.1) is 0 Å². The van der Waals surface area contributed by atoms with Crippen LogP contribution in [0.1, 0.15) is 39.3 Å². The van der Waals surface area contributed by atoms with Crippen molar-refractivity contribution in [1.82, 2.24) is 9.78 Å². The smallest absolute Gasteiger partial charge is 0.342 e. The average Bonchev–Trinajstić information content (AvgIpc) is 3.30. The summed E-state index contributed by atoms with van der Waals surface area (Å²) in [5, 5.41) is 7.25. The first kappa shape index (κ1) is 18.9. The monoisotopic (exact) mass is 389 g/mol. The molecule has 0 atom stereocenters. The highest BCUT2D eigenvalue weighted by atomic mass is 16.5. The molecular formula is C23H23N3O3. The lowest BCUT2D eigenvalue weighted by atomic mass is 10.1. The van der Waals surface area contributed by atoms with Gasteiger partial charge >= 0.3 is 5.97 Å². The highest BCUT2D eigenvalue weighted by molar-refractivity contribution is 5.96. The molecule has 1 aliphatic rings. The molecule has 1 aliphatic carbocycles. The number of benzene rings is 2.